The molecule has 5 rings (SSSR count). The monoisotopic (exact) mass is 433 g/mol. The fourth-order valence-corrected chi connectivity index (χ4v) is 5.43. The van der Waals surface area contributed by atoms with Crippen LogP contribution in [0.4, 0.5) is 5.69 Å². The van der Waals surface area contributed by atoms with E-state index in [0.29, 0.717) is 24.5 Å². The summed E-state index contributed by atoms with van der Waals surface area (Å²) in [5, 5.41) is 9.61. The molecule has 1 fully saturated rings. The number of amides is 1. The molecule has 0 bridgehead atoms. The Labute approximate surface area is 186 Å². The summed E-state index contributed by atoms with van der Waals surface area (Å²) in [6.45, 7) is 1.06. The molecule has 1 aromatic carbocycles. The van der Waals surface area contributed by atoms with Gasteiger partial charge < -0.3 is 9.47 Å². The van der Waals surface area contributed by atoms with Gasteiger partial charge in [0.05, 0.1) is 40.9 Å². The Balaban J connectivity index is 1.56. The lowest BCUT2D eigenvalue weighted by Crippen LogP contribution is -2.41. The molecule has 1 aliphatic carbocycles. The van der Waals surface area contributed by atoms with E-state index in [1.54, 1.807) is 6.20 Å². The van der Waals surface area contributed by atoms with Crippen LogP contribution in [0.2, 0.25) is 5.02 Å². The Hall–Kier alpha value is -2.91. The third-order valence-corrected chi connectivity index (χ3v) is 6.96. The van der Waals surface area contributed by atoms with Gasteiger partial charge >= 0.3 is 0 Å². The lowest BCUT2D eigenvalue weighted by molar-refractivity contribution is -0.124. The standard InChI is InChI=1S/C24H24ClN5O/c25-17-6-7-20-19(14-17)28-22(29(20)13-5-4-11-26)16-30-21-15-27-12-8-18(21)24(23(30)31)9-2-1-3-10-24/h6-8,12,14-15H,1-5,9-10,13,16H2. The van der Waals surface area contributed by atoms with Gasteiger partial charge in [0.15, 0.2) is 0 Å². The number of aryl methyl sites for hydroxylation is 1. The van der Waals surface area contributed by atoms with Crippen molar-refractivity contribution in [2.24, 2.45) is 0 Å². The molecule has 3 aromatic rings. The number of benzene rings is 1. The Morgan fingerprint density at radius 3 is 2.84 bits per heavy atom. The van der Waals surface area contributed by atoms with E-state index >= 15 is 0 Å². The molecule has 31 heavy (non-hydrogen) atoms. The van der Waals surface area contributed by atoms with Gasteiger partial charge in [0.2, 0.25) is 5.91 Å². The topological polar surface area (TPSA) is 74.8 Å². The van der Waals surface area contributed by atoms with Crippen LogP contribution in [0.5, 0.6) is 0 Å². The van der Waals surface area contributed by atoms with E-state index in [4.69, 9.17) is 21.8 Å². The number of hydrogen-bond acceptors (Lipinski definition) is 4. The molecule has 0 unspecified atom stereocenters. The molecule has 1 spiro atoms. The van der Waals surface area contributed by atoms with Gasteiger partial charge in [-0.2, -0.15) is 5.26 Å². The molecule has 158 valence electrons. The number of anilines is 1. The smallest absolute Gasteiger partial charge is 0.238 e. The molecule has 3 heterocycles. The molecular weight excluding hydrogens is 410 g/mol. The van der Waals surface area contributed by atoms with Crippen molar-refractivity contribution in [1.29, 1.82) is 5.26 Å². The molecule has 6 nitrogen and oxygen atoms in total. The first kappa shape index (κ1) is 20.0. The molecule has 2 aromatic heterocycles. The number of halogens is 1. The highest BCUT2D eigenvalue weighted by Crippen LogP contribution is 2.50. The second-order valence-corrected chi connectivity index (χ2v) is 8.94. The summed E-state index contributed by atoms with van der Waals surface area (Å²) in [6, 6.07) is 9.90. The number of carbonyl (C=O) groups excluding carboxylic acids is 1. The van der Waals surface area contributed by atoms with Gasteiger partial charge in [0.1, 0.15) is 5.82 Å². The van der Waals surface area contributed by atoms with Gasteiger partial charge in [-0.3, -0.25) is 9.78 Å². The van der Waals surface area contributed by atoms with E-state index in [9.17, 15) is 4.79 Å². The number of nitrogens with zero attached hydrogens (tertiary/aromatic N) is 5. The van der Waals surface area contributed by atoms with Crippen molar-refractivity contribution in [3.05, 3.63) is 53.1 Å². The largest absolute Gasteiger partial charge is 0.326 e. The van der Waals surface area contributed by atoms with Crippen LogP contribution in [-0.4, -0.2) is 20.4 Å². The second kappa shape index (κ2) is 7.97. The maximum Gasteiger partial charge on any atom is 0.238 e. The van der Waals surface area contributed by atoms with Crippen LogP contribution < -0.4 is 4.90 Å². The minimum atomic E-state index is -0.419. The number of nitriles is 1. The van der Waals surface area contributed by atoms with Crippen molar-refractivity contribution in [3.63, 3.8) is 0 Å². The van der Waals surface area contributed by atoms with Crippen molar-refractivity contribution in [2.75, 3.05) is 4.90 Å². The van der Waals surface area contributed by atoms with E-state index in [1.165, 1.54) is 6.42 Å². The highest BCUT2D eigenvalue weighted by molar-refractivity contribution is 6.31. The third kappa shape index (κ3) is 3.28. The normalized spacial score (nSPS) is 17.3. The molecule has 1 aliphatic heterocycles. The first-order chi connectivity index (χ1) is 15.1. The number of rotatable bonds is 5. The predicted octanol–water partition coefficient (Wildman–Crippen LogP) is 5.14. The maximum atomic E-state index is 13.8. The summed E-state index contributed by atoms with van der Waals surface area (Å²) in [6.07, 6.45) is 9.95. The van der Waals surface area contributed by atoms with E-state index in [-0.39, 0.29) is 5.91 Å². The van der Waals surface area contributed by atoms with Crippen LogP contribution in [0.15, 0.2) is 36.7 Å². The number of aromatic nitrogens is 3. The van der Waals surface area contributed by atoms with Gasteiger partial charge in [-0.15, -0.1) is 0 Å². The van der Waals surface area contributed by atoms with Gasteiger partial charge in [-0.1, -0.05) is 30.9 Å². The number of fused-ring (bicyclic) bond motifs is 3. The maximum absolute atomic E-state index is 13.8. The summed E-state index contributed by atoms with van der Waals surface area (Å²) in [5.74, 6) is 0.982. The highest BCUT2D eigenvalue weighted by atomic mass is 35.5. The molecule has 0 saturated heterocycles. The van der Waals surface area contributed by atoms with Crippen molar-refractivity contribution < 1.29 is 4.79 Å². The number of hydrogen-bond donors (Lipinski definition) is 0. The minimum absolute atomic E-state index is 0.170. The van der Waals surface area contributed by atoms with Crippen LogP contribution in [0.3, 0.4) is 0 Å². The van der Waals surface area contributed by atoms with Gasteiger partial charge in [0, 0.05) is 24.2 Å². The molecule has 7 heteroatoms. The lowest BCUT2D eigenvalue weighted by Gasteiger charge is -2.32. The number of pyridine rings is 1. The summed E-state index contributed by atoms with van der Waals surface area (Å²) in [4.78, 5) is 24.8. The SMILES string of the molecule is N#CCCCn1c(CN2C(=O)C3(CCCCC3)c3ccncc32)nc2cc(Cl)ccc21. The van der Waals surface area contributed by atoms with Crippen LogP contribution in [0, 0.1) is 11.3 Å². The average molecular weight is 434 g/mol. The summed E-state index contributed by atoms with van der Waals surface area (Å²) < 4.78 is 2.12. The van der Waals surface area contributed by atoms with Crippen LogP contribution in [0.25, 0.3) is 11.0 Å². The first-order valence-corrected chi connectivity index (χ1v) is 11.3. The van der Waals surface area contributed by atoms with Gasteiger partial charge in [-0.25, -0.2) is 4.98 Å². The van der Waals surface area contributed by atoms with Crippen LogP contribution in [-0.2, 0) is 23.3 Å². The minimum Gasteiger partial charge on any atom is -0.326 e. The molecule has 0 N–H and O–H groups in total. The lowest BCUT2D eigenvalue weighted by atomic mass is 9.70. The average Bonchev–Trinajstić information content (AvgIpc) is 3.23. The number of imidazole rings is 1. The Kier molecular flexibility index (Phi) is 5.15. The number of unbranched alkanes of at least 4 members (excludes halogenated alkanes) is 1. The zero-order valence-electron chi connectivity index (χ0n) is 17.4. The van der Waals surface area contributed by atoms with E-state index in [0.717, 1.165) is 60.2 Å². The quantitative estimate of drug-likeness (QED) is 0.522. The molecule has 1 saturated carbocycles. The zero-order chi connectivity index (χ0) is 21.4. The number of carbonyl (C=O) groups is 1. The zero-order valence-corrected chi connectivity index (χ0v) is 18.1. The van der Waals surface area contributed by atoms with Gasteiger partial charge in [-0.05, 0) is 49.1 Å². The van der Waals surface area contributed by atoms with Gasteiger partial charge in [0.25, 0.3) is 0 Å². The van der Waals surface area contributed by atoms with Crippen molar-refractivity contribution in [1.82, 2.24) is 14.5 Å². The Morgan fingerprint density at radius 2 is 2.03 bits per heavy atom. The fourth-order valence-electron chi connectivity index (χ4n) is 5.27. The Bertz CT molecular complexity index is 1190. The third-order valence-electron chi connectivity index (χ3n) is 6.73. The molecule has 0 radical (unpaired) electrons. The molecule has 1 amide bonds. The molecular formula is C24H24ClN5O. The van der Waals surface area contributed by atoms with Crippen LogP contribution >= 0.6 is 11.6 Å². The Morgan fingerprint density at radius 1 is 1.19 bits per heavy atom. The second-order valence-electron chi connectivity index (χ2n) is 8.50. The van der Waals surface area contributed by atoms with Crippen molar-refractivity contribution in [3.8, 4) is 6.07 Å². The van der Waals surface area contributed by atoms with Crippen molar-refractivity contribution in [2.45, 2.75) is 63.5 Å². The van der Waals surface area contributed by atoms with Crippen molar-refractivity contribution >= 4 is 34.2 Å². The summed E-state index contributed by atoms with van der Waals surface area (Å²) in [7, 11) is 0. The summed E-state index contributed by atoms with van der Waals surface area (Å²) in [5.41, 5.74) is 3.38. The highest BCUT2D eigenvalue weighted by Gasteiger charge is 2.51. The summed E-state index contributed by atoms with van der Waals surface area (Å²) >= 11 is 6.20. The molecule has 0 atom stereocenters. The predicted molar refractivity (Wildman–Crippen MR) is 120 cm³/mol. The molecule has 2 aliphatic rings. The fraction of sp³-hybridized carbons (Fsp3) is 0.417. The van der Waals surface area contributed by atoms with E-state index in [1.807, 2.05) is 35.4 Å². The van der Waals surface area contributed by atoms with Crippen LogP contribution in [0.1, 0.15) is 56.3 Å². The van der Waals surface area contributed by atoms with E-state index < -0.39 is 5.41 Å². The van der Waals surface area contributed by atoms with E-state index in [2.05, 4.69) is 15.6 Å². The first-order valence-electron chi connectivity index (χ1n) is 10.9.